The average molecular weight is 308 g/mol. The molecule has 0 saturated carbocycles. The van der Waals surface area contributed by atoms with Crippen LogP contribution in [-0.2, 0) is 0 Å². The van der Waals surface area contributed by atoms with Gasteiger partial charge < -0.3 is 15.2 Å². The third-order valence-electron chi connectivity index (χ3n) is 2.76. The Labute approximate surface area is 148 Å². The molecule has 7 nitrogen and oxygen atoms in total. The summed E-state index contributed by atoms with van der Waals surface area (Å²) in [7, 11) is 0. The average Bonchev–Trinajstić information content (AvgIpc) is 2.88. The number of rotatable bonds is 5. The van der Waals surface area contributed by atoms with E-state index < -0.39 is 10.9 Å². The van der Waals surface area contributed by atoms with E-state index in [1.807, 2.05) is 0 Å². The van der Waals surface area contributed by atoms with E-state index in [1.165, 1.54) is 22.9 Å². The molecule has 1 aromatic carbocycles. The van der Waals surface area contributed by atoms with Crippen LogP contribution in [0.4, 0.5) is 5.82 Å². The van der Waals surface area contributed by atoms with Gasteiger partial charge in [0.2, 0.25) is 5.82 Å². The Bertz CT molecular complexity index is 735. The van der Waals surface area contributed by atoms with Crippen molar-refractivity contribution < 1.29 is 14.8 Å². The minimum Gasteiger partial charge on any atom is -0.478 e. The van der Waals surface area contributed by atoms with E-state index in [1.54, 1.807) is 24.3 Å². The molecule has 22 heavy (non-hydrogen) atoms. The van der Waals surface area contributed by atoms with E-state index >= 15 is 0 Å². The monoisotopic (exact) mass is 308 g/mol. The van der Waals surface area contributed by atoms with Crippen molar-refractivity contribution >= 4 is 59.7 Å². The van der Waals surface area contributed by atoms with Crippen LogP contribution < -0.4 is 0 Å². The van der Waals surface area contributed by atoms with Gasteiger partial charge in [-0.05, 0) is 28.7 Å². The largest absolute Gasteiger partial charge is 0.478 e. The molecule has 0 amide bonds. The molecule has 0 aliphatic rings. The molecule has 1 N–H and O–H groups in total. The fraction of sp³-hybridized carbons (Fsp3) is 0. The number of hydrogen-bond donors (Lipinski definition) is 1. The van der Waals surface area contributed by atoms with Crippen molar-refractivity contribution in [3.05, 3.63) is 64.1 Å². The van der Waals surface area contributed by atoms with Crippen molar-refractivity contribution in [3.8, 4) is 0 Å². The molecule has 0 spiro atoms. The van der Waals surface area contributed by atoms with Crippen LogP contribution in [0.5, 0.6) is 0 Å². The van der Waals surface area contributed by atoms with Crippen LogP contribution in [0.25, 0.3) is 18.4 Å². The van der Waals surface area contributed by atoms with Crippen LogP contribution in [0.2, 0.25) is 0 Å². The molecule has 0 aliphatic carbocycles. The van der Waals surface area contributed by atoms with Gasteiger partial charge in [-0.2, -0.15) is 4.57 Å². The third kappa shape index (κ3) is 3.91. The Balaban J connectivity index is 0.00000242. The van der Waals surface area contributed by atoms with Crippen LogP contribution in [0.3, 0.4) is 0 Å². The van der Waals surface area contributed by atoms with E-state index in [4.69, 9.17) is 5.11 Å². The molecule has 2 aromatic rings. The van der Waals surface area contributed by atoms with Crippen molar-refractivity contribution in [1.82, 2.24) is 9.55 Å². The summed E-state index contributed by atoms with van der Waals surface area (Å²) in [5.74, 6) is -0.812. The standard InChI is InChI=1S/C14H11N3O4.Na/c1-2-16-12(15-9-13(16)17(20)21)8-5-10-3-6-11(7-4-10)14(18)19;/h2-9H,1H2,(H,18,19);. The van der Waals surface area contributed by atoms with Gasteiger partial charge in [-0.25, -0.2) is 9.78 Å². The Kier molecular flexibility index (Phi) is 6.24. The predicted molar refractivity (Wildman–Crippen MR) is 83.4 cm³/mol. The van der Waals surface area contributed by atoms with Crippen LogP contribution >= 0.6 is 0 Å². The second-order valence-corrected chi connectivity index (χ2v) is 4.04. The molecule has 0 aliphatic heterocycles. The first-order valence-corrected chi connectivity index (χ1v) is 5.88. The number of carboxylic acids is 1. The molecule has 1 heterocycles. The first kappa shape index (κ1) is 17.8. The molecular weight excluding hydrogens is 297 g/mol. The maximum atomic E-state index is 10.8. The SMILES string of the molecule is C=Cn1c([N+](=O)[O-])cnc1C=Cc1ccc(C(=O)O)cc1.[Na]. The van der Waals surface area contributed by atoms with Crippen LogP contribution in [-0.4, -0.2) is 55.1 Å². The fourth-order valence-corrected chi connectivity index (χ4v) is 1.72. The topological polar surface area (TPSA) is 98.3 Å². The van der Waals surface area contributed by atoms with Gasteiger partial charge in [0.05, 0.1) is 11.8 Å². The molecule has 8 heteroatoms. The number of benzene rings is 1. The van der Waals surface area contributed by atoms with Crippen molar-refractivity contribution in [3.63, 3.8) is 0 Å². The second kappa shape index (κ2) is 7.69. The summed E-state index contributed by atoms with van der Waals surface area (Å²) in [6, 6.07) is 6.22. The number of aromatic nitrogens is 2. The van der Waals surface area contributed by atoms with E-state index in [-0.39, 0.29) is 40.9 Å². The summed E-state index contributed by atoms with van der Waals surface area (Å²) in [5.41, 5.74) is 0.941. The third-order valence-corrected chi connectivity index (χ3v) is 2.76. The predicted octanol–water partition coefficient (Wildman–Crippen LogP) is 2.38. The molecule has 1 radical (unpaired) electrons. The zero-order valence-corrected chi connectivity index (χ0v) is 13.8. The first-order valence-electron chi connectivity index (χ1n) is 5.88. The van der Waals surface area contributed by atoms with Gasteiger partial charge in [0, 0.05) is 35.6 Å². The quantitative estimate of drug-likeness (QED) is 0.519. The molecular formula is C14H11N3NaO4. The maximum Gasteiger partial charge on any atom is 0.347 e. The molecule has 1 aromatic heterocycles. The number of imidazole rings is 1. The van der Waals surface area contributed by atoms with E-state index in [0.717, 1.165) is 11.8 Å². The van der Waals surface area contributed by atoms with Crippen molar-refractivity contribution in [2.45, 2.75) is 0 Å². The van der Waals surface area contributed by atoms with Gasteiger partial charge in [-0.15, -0.1) is 0 Å². The zero-order valence-electron chi connectivity index (χ0n) is 11.8. The Morgan fingerprint density at radius 2 is 1.95 bits per heavy atom. The van der Waals surface area contributed by atoms with Gasteiger partial charge in [0.25, 0.3) is 0 Å². The summed E-state index contributed by atoms with van der Waals surface area (Å²) >= 11 is 0. The molecule has 2 rings (SSSR count). The summed E-state index contributed by atoms with van der Waals surface area (Å²) in [6.45, 7) is 3.51. The van der Waals surface area contributed by atoms with Gasteiger partial charge in [-0.3, -0.25) is 0 Å². The summed E-state index contributed by atoms with van der Waals surface area (Å²) < 4.78 is 1.25. The van der Waals surface area contributed by atoms with Crippen molar-refractivity contribution in [2.24, 2.45) is 0 Å². The molecule has 0 bridgehead atoms. The number of nitrogens with zero attached hydrogens (tertiary/aromatic N) is 3. The van der Waals surface area contributed by atoms with Gasteiger partial charge in [-0.1, -0.05) is 18.7 Å². The van der Waals surface area contributed by atoms with Gasteiger partial charge >= 0.3 is 11.8 Å². The Hall–Kier alpha value is -2.22. The number of nitro groups is 1. The fourth-order valence-electron chi connectivity index (χ4n) is 1.72. The van der Waals surface area contributed by atoms with Crippen LogP contribution in [0.1, 0.15) is 21.7 Å². The number of aromatic carboxylic acids is 1. The van der Waals surface area contributed by atoms with E-state index in [9.17, 15) is 14.9 Å². The summed E-state index contributed by atoms with van der Waals surface area (Å²) in [5, 5.41) is 19.6. The molecule has 0 saturated heterocycles. The Morgan fingerprint density at radius 3 is 2.45 bits per heavy atom. The van der Waals surface area contributed by atoms with E-state index in [2.05, 4.69) is 11.6 Å². The zero-order chi connectivity index (χ0) is 15.4. The maximum absolute atomic E-state index is 10.8. The normalized spacial score (nSPS) is 10.2. The van der Waals surface area contributed by atoms with E-state index in [0.29, 0.717) is 5.82 Å². The summed E-state index contributed by atoms with van der Waals surface area (Å²) in [6.07, 6.45) is 5.72. The van der Waals surface area contributed by atoms with Crippen molar-refractivity contribution in [2.75, 3.05) is 0 Å². The second-order valence-electron chi connectivity index (χ2n) is 4.04. The summed E-state index contributed by atoms with van der Waals surface area (Å²) in [4.78, 5) is 24.9. The van der Waals surface area contributed by atoms with Gasteiger partial charge in [0.1, 0.15) is 6.20 Å². The molecule has 0 unspecified atom stereocenters. The Morgan fingerprint density at radius 1 is 1.32 bits per heavy atom. The first-order chi connectivity index (χ1) is 10.0. The molecule has 107 valence electrons. The van der Waals surface area contributed by atoms with Crippen LogP contribution in [0.15, 0.2) is 37.0 Å². The number of carbonyl (C=O) groups is 1. The molecule has 0 atom stereocenters. The minimum absolute atomic E-state index is 0. The smallest absolute Gasteiger partial charge is 0.347 e. The number of hydrogen-bond acceptors (Lipinski definition) is 4. The van der Waals surface area contributed by atoms with Crippen molar-refractivity contribution in [1.29, 1.82) is 0 Å². The van der Waals surface area contributed by atoms with Gasteiger partial charge in [0.15, 0.2) is 0 Å². The van der Waals surface area contributed by atoms with Crippen LogP contribution in [0, 0.1) is 10.1 Å². The molecule has 0 fully saturated rings. The minimum atomic E-state index is -0.997. The number of carboxylic acid groups (broad SMARTS) is 1.